The molecule has 0 N–H and O–H groups in total. The Morgan fingerprint density at radius 2 is 2.00 bits per heavy atom. The summed E-state index contributed by atoms with van der Waals surface area (Å²) in [6, 6.07) is 0. The molecule has 0 spiro atoms. The van der Waals surface area contributed by atoms with Gasteiger partial charge in [-0.05, 0) is 6.08 Å². The normalized spacial score (nSPS) is 11.8. The predicted octanol–water partition coefficient (Wildman–Crippen LogP) is 1.78. The van der Waals surface area contributed by atoms with Crippen molar-refractivity contribution in [2.24, 2.45) is 0 Å². The second-order valence-electron chi connectivity index (χ2n) is 2.95. The fourth-order valence-corrected chi connectivity index (χ4v) is 0.918. The van der Waals surface area contributed by atoms with Crippen molar-refractivity contribution < 1.29 is 19.1 Å². The number of carbonyl (C=O) groups is 2. The van der Waals surface area contributed by atoms with Crippen LogP contribution in [0.5, 0.6) is 0 Å². The maximum atomic E-state index is 11.1. The van der Waals surface area contributed by atoms with Crippen LogP contribution in [0.2, 0.25) is 0 Å². The van der Waals surface area contributed by atoms with E-state index in [9.17, 15) is 9.59 Å². The van der Waals surface area contributed by atoms with Crippen molar-refractivity contribution in [3.8, 4) is 0 Å². The molecule has 88 valence electrons. The number of esters is 2. The lowest BCUT2D eigenvalue weighted by Gasteiger charge is -2.09. The fourth-order valence-electron chi connectivity index (χ4n) is 0.918. The Bertz CT molecular complexity index is 291. The summed E-state index contributed by atoms with van der Waals surface area (Å²) in [6.07, 6.45) is 5.73. The molecule has 16 heavy (non-hydrogen) atoms. The Labute approximate surface area is 95.2 Å². The summed E-state index contributed by atoms with van der Waals surface area (Å²) in [5, 5.41) is 0. The van der Waals surface area contributed by atoms with Crippen LogP contribution in [-0.4, -0.2) is 24.6 Å². The molecular formula is C12H16O4. The lowest BCUT2D eigenvalue weighted by atomic mass is 10.2. The van der Waals surface area contributed by atoms with E-state index in [-0.39, 0.29) is 6.61 Å². The largest absolute Gasteiger partial charge is 0.458 e. The maximum Gasteiger partial charge on any atom is 0.330 e. The van der Waals surface area contributed by atoms with Crippen LogP contribution in [0, 0.1) is 0 Å². The molecule has 0 bridgehead atoms. The average Bonchev–Trinajstić information content (AvgIpc) is 2.22. The molecule has 0 heterocycles. The summed E-state index contributed by atoms with van der Waals surface area (Å²) in [5.41, 5.74) is 0. The molecule has 0 unspecified atom stereocenters. The molecular weight excluding hydrogens is 208 g/mol. The second kappa shape index (κ2) is 8.47. The van der Waals surface area contributed by atoms with E-state index in [1.807, 2.05) is 0 Å². The first-order valence-corrected chi connectivity index (χ1v) is 4.84. The Kier molecular flexibility index (Phi) is 7.49. The molecule has 0 aromatic heterocycles. The topological polar surface area (TPSA) is 52.6 Å². The van der Waals surface area contributed by atoms with Crippen LogP contribution in [0.4, 0.5) is 0 Å². The van der Waals surface area contributed by atoms with E-state index in [2.05, 4.69) is 13.2 Å². The average molecular weight is 224 g/mol. The number of rotatable bonds is 7. The molecule has 0 fully saturated rings. The van der Waals surface area contributed by atoms with Crippen LogP contribution in [0.25, 0.3) is 0 Å². The first-order chi connectivity index (χ1) is 7.60. The van der Waals surface area contributed by atoms with Crippen molar-refractivity contribution in [2.45, 2.75) is 19.4 Å². The van der Waals surface area contributed by atoms with Crippen LogP contribution in [0.1, 0.15) is 13.3 Å². The van der Waals surface area contributed by atoms with Gasteiger partial charge in [0.2, 0.25) is 0 Å². The van der Waals surface area contributed by atoms with Gasteiger partial charge in [0.1, 0.15) is 12.7 Å². The molecule has 0 rings (SSSR count). The van der Waals surface area contributed by atoms with Crippen LogP contribution >= 0.6 is 0 Å². The molecule has 4 heteroatoms. The summed E-state index contributed by atoms with van der Waals surface area (Å²) in [6.45, 7) is 8.40. The highest BCUT2D eigenvalue weighted by molar-refractivity contribution is 5.82. The zero-order chi connectivity index (χ0) is 12.4. The van der Waals surface area contributed by atoms with Gasteiger partial charge in [-0.2, -0.15) is 0 Å². The molecule has 0 aliphatic heterocycles. The van der Waals surface area contributed by atoms with Crippen LogP contribution < -0.4 is 0 Å². The molecule has 0 saturated heterocycles. The molecule has 0 saturated carbocycles. The van der Waals surface area contributed by atoms with E-state index >= 15 is 0 Å². The van der Waals surface area contributed by atoms with Gasteiger partial charge >= 0.3 is 11.9 Å². The zero-order valence-electron chi connectivity index (χ0n) is 9.35. The predicted molar refractivity (Wildman–Crippen MR) is 60.7 cm³/mol. The first-order valence-electron chi connectivity index (χ1n) is 4.84. The van der Waals surface area contributed by atoms with E-state index in [4.69, 9.17) is 9.47 Å². The quantitative estimate of drug-likeness (QED) is 0.376. The van der Waals surface area contributed by atoms with Crippen molar-refractivity contribution in [1.29, 1.82) is 0 Å². The van der Waals surface area contributed by atoms with Gasteiger partial charge in [0.05, 0.1) is 0 Å². The van der Waals surface area contributed by atoms with Crippen molar-refractivity contribution in [3.63, 3.8) is 0 Å². The smallest absolute Gasteiger partial charge is 0.330 e. The molecule has 0 aromatic rings. The fraction of sp³-hybridized carbons (Fsp3) is 0.333. The van der Waals surface area contributed by atoms with E-state index in [0.717, 1.165) is 0 Å². The Balaban J connectivity index is 4.19. The highest BCUT2D eigenvalue weighted by Gasteiger charge is 2.06. The van der Waals surface area contributed by atoms with Gasteiger partial charge < -0.3 is 9.47 Å². The standard InChI is InChI=1S/C12H16O4/c1-4-6-11(16-10(3)13)7-8-12(14)15-9-5-2/h4-5,7-8,11H,1-2,6,9H2,3H3/b8-7+/t11-/m1/s1. The van der Waals surface area contributed by atoms with Gasteiger partial charge in [0.25, 0.3) is 0 Å². The maximum absolute atomic E-state index is 11.1. The molecule has 0 radical (unpaired) electrons. The summed E-state index contributed by atoms with van der Waals surface area (Å²) >= 11 is 0. The highest BCUT2D eigenvalue weighted by atomic mass is 16.5. The van der Waals surface area contributed by atoms with Gasteiger partial charge in [-0.1, -0.05) is 18.7 Å². The van der Waals surface area contributed by atoms with E-state index < -0.39 is 18.0 Å². The third-order valence-electron chi connectivity index (χ3n) is 1.51. The highest BCUT2D eigenvalue weighted by Crippen LogP contribution is 2.02. The number of carbonyl (C=O) groups excluding carboxylic acids is 2. The zero-order valence-corrected chi connectivity index (χ0v) is 9.35. The van der Waals surface area contributed by atoms with E-state index in [1.54, 1.807) is 6.08 Å². The minimum Gasteiger partial charge on any atom is -0.458 e. The van der Waals surface area contributed by atoms with Gasteiger partial charge in [0, 0.05) is 19.4 Å². The SMILES string of the molecule is C=CCOC(=O)/C=C/[C@@H](CC=C)OC(C)=O. The van der Waals surface area contributed by atoms with E-state index in [1.165, 1.54) is 25.2 Å². The van der Waals surface area contributed by atoms with E-state index in [0.29, 0.717) is 6.42 Å². The van der Waals surface area contributed by atoms with Crippen molar-refractivity contribution in [3.05, 3.63) is 37.5 Å². The van der Waals surface area contributed by atoms with Crippen LogP contribution in [-0.2, 0) is 19.1 Å². The Morgan fingerprint density at radius 1 is 1.31 bits per heavy atom. The van der Waals surface area contributed by atoms with Crippen LogP contribution in [0.3, 0.4) is 0 Å². The lowest BCUT2D eigenvalue weighted by Crippen LogP contribution is -2.13. The Hall–Kier alpha value is -1.84. The third-order valence-corrected chi connectivity index (χ3v) is 1.51. The molecule has 0 aromatic carbocycles. The summed E-state index contributed by atoms with van der Waals surface area (Å²) < 4.78 is 9.64. The van der Waals surface area contributed by atoms with Crippen molar-refractivity contribution in [1.82, 2.24) is 0 Å². The number of hydrogen-bond donors (Lipinski definition) is 0. The van der Waals surface area contributed by atoms with Crippen molar-refractivity contribution >= 4 is 11.9 Å². The second-order valence-corrected chi connectivity index (χ2v) is 2.95. The summed E-state index contributed by atoms with van der Waals surface area (Å²) in [5.74, 6) is -0.905. The van der Waals surface area contributed by atoms with Gasteiger partial charge in [-0.3, -0.25) is 4.79 Å². The Morgan fingerprint density at radius 3 is 2.50 bits per heavy atom. The first kappa shape index (κ1) is 14.2. The summed E-state index contributed by atoms with van der Waals surface area (Å²) in [7, 11) is 0. The lowest BCUT2D eigenvalue weighted by molar-refractivity contribution is -0.144. The number of ether oxygens (including phenoxy) is 2. The third kappa shape index (κ3) is 7.55. The minimum atomic E-state index is -0.499. The van der Waals surface area contributed by atoms with Crippen molar-refractivity contribution in [2.75, 3.05) is 6.61 Å². The monoisotopic (exact) mass is 224 g/mol. The van der Waals surface area contributed by atoms with Gasteiger partial charge in [-0.25, -0.2) is 4.79 Å². The van der Waals surface area contributed by atoms with Crippen LogP contribution in [0.15, 0.2) is 37.5 Å². The number of hydrogen-bond acceptors (Lipinski definition) is 4. The molecule has 0 aliphatic rings. The molecule has 1 atom stereocenters. The van der Waals surface area contributed by atoms with Gasteiger partial charge in [-0.15, -0.1) is 6.58 Å². The molecule has 0 aliphatic carbocycles. The molecule has 4 nitrogen and oxygen atoms in total. The summed E-state index contributed by atoms with van der Waals surface area (Å²) in [4.78, 5) is 21.8. The molecule has 0 amide bonds. The minimum absolute atomic E-state index is 0.156. The van der Waals surface area contributed by atoms with Gasteiger partial charge in [0.15, 0.2) is 0 Å².